The predicted octanol–water partition coefficient (Wildman–Crippen LogP) is 1.05. The van der Waals surface area contributed by atoms with E-state index in [0.717, 1.165) is 18.8 Å². The average Bonchev–Trinajstić information content (AvgIpc) is 2.62. The van der Waals surface area contributed by atoms with Crippen LogP contribution >= 0.6 is 11.8 Å². The molecule has 4 heteroatoms. The lowest BCUT2D eigenvalue weighted by Crippen LogP contribution is -2.66. The fraction of sp³-hybridized carbons (Fsp3) is 0.900. The number of amides is 1. The summed E-state index contributed by atoms with van der Waals surface area (Å²) in [5, 5.41) is 3.81. The molecule has 0 aromatic carbocycles. The van der Waals surface area contributed by atoms with Crippen LogP contribution in [-0.2, 0) is 4.79 Å². The van der Waals surface area contributed by atoms with E-state index in [-0.39, 0.29) is 6.04 Å². The lowest BCUT2D eigenvalue weighted by atomic mass is 10.1. The second kappa shape index (κ2) is 4.53. The number of nitrogens with one attached hydrogen (secondary N) is 1. The largest absolute Gasteiger partial charge is 0.326 e. The smallest absolute Gasteiger partial charge is 0.243 e. The Morgan fingerprint density at radius 1 is 1.57 bits per heavy atom. The molecule has 1 amide bonds. The maximum atomic E-state index is 11.6. The minimum absolute atomic E-state index is 0.124. The number of unbranched alkanes of at least 4 members (excludes halogenated alkanes) is 2. The van der Waals surface area contributed by atoms with Gasteiger partial charge in [-0.05, 0) is 13.0 Å². The summed E-state index contributed by atoms with van der Waals surface area (Å²) in [5.74, 6) is 1.43. The van der Waals surface area contributed by atoms with Gasteiger partial charge in [-0.3, -0.25) is 4.79 Å². The number of nitrogens with zero attached hydrogens (tertiary/aromatic N) is 1. The van der Waals surface area contributed by atoms with Crippen LogP contribution in [0.5, 0.6) is 0 Å². The van der Waals surface area contributed by atoms with Crippen LogP contribution in [0.4, 0.5) is 0 Å². The van der Waals surface area contributed by atoms with Crippen molar-refractivity contribution in [2.45, 2.75) is 37.6 Å². The molecule has 2 rings (SSSR count). The van der Waals surface area contributed by atoms with Crippen molar-refractivity contribution in [2.75, 3.05) is 18.8 Å². The minimum atomic E-state index is 0.124. The second-order valence-corrected chi connectivity index (χ2v) is 5.16. The van der Waals surface area contributed by atoms with E-state index in [9.17, 15) is 4.79 Å². The van der Waals surface area contributed by atoms with Crippen molar-refractivity contribution >= 4 is 17.7 Å². The topological polar surface area (TPSA) is 32.3 Å². The number of thioether (sulfide) groups is 1. The third kappa shape index (κ3) is 1.77. The van der Waals surface area contributed by atoms with Crippen LogP contribution in [0.25, 0.3) is 0 Å². The Morgan fingerprint density at radius 2 is 2.43 bits per heavy atom. The third-order valence-corrected chi connectivity index (χ3v) is 4.19. The van der Waals surface area contributed by atoms with E-state index < -0.39 is 0 Å². The molecule has 0 bridgehead atoms. The van der Waals surface area contributed by atoms with Crippen molar-refractivity contribution in [3.8, 4) is 0 Å². The van der Waals surface area contributed by atoms with E-state index in [1.54, 1.807) is 0 Å². The van der Waals surface area contributed by atoms with Crippen molar-refractivity contribution in [3.63, 3.8) is 0 Å². The number of fused-ring (bicyclic) bond motifs is 1. The molecule has 0 aliphatic carbocycles. The Balaban J connectivity index is 1.69. The highest BCUT2D eigenvalue weighted by Gasteiger charge is 2.49. The molecule has 2 atom stereocenters. The molecular formula is C10H18N2OS. The molecule has 0 unspecified atom stereocenters. The molecule has 2 saturated heterocycles. The number of hydrogen-bond acceptors (Lipinski definition) is 3. The average molecular weight is 214 g/mol. The molecule has 0 spiro atoms. The Kier molecular flexibility index (Phi) is 3.34. The molecule has 2 fully saturated rings. The Labute approximate surface area is 89.6 Å². The summed E-state index contributed by atoms with van der Waals surface area (Å²) < 4.78 is 0. The van der Waals surface area contributed by atoms with Crippen molar-refractivity contribution in [2.24, 2.45) is 0 Å². The number of carbonyl (C=O) groups is 1. The van der Waals surface area contributed by atoms with Gasteiger partial charge in [0.1, 0.15) is 11.4 Å². The van der Waals surface area contributed by atoms with Gasteiger partial charge in [-0.15, -0.1) is 11.8 Å². The molecule has 0 aromatic rings. The lowest BCUT2D eigenvalue weighted by Gasteiger charge is -2.42. The molecule has 14 heavy (non-hydrogen) atoms. The summed E-state index contributed by atoms with van der Waals surface area (Å²) in [7, 11) is 0. The van der Waals surface area contributed by atoms with Crippen LogP contribution in [0.3, 0.4) is 0 Å². The van der Waals surface area contributed by atoms with Gasteiger partial charge in [0.2, 0.25) is 5.91 Å². The zero-order valence-electron chi connectivity index (χ0n) is 8.66. The van der Waals surface area contributed by atoms with Crippen molar-refractivity contribution < 1.29 is 4.79 Å². The monoisotopic (exact) mass is 214 g/mol. The van der Waals surface area contributed by atoms with Gasteiger partial charge in [0.15, 0.2) is 0 Å². The molecule has 1 N–H and O–H groups in total. The van der Waals surface area contributed by atoms with Crippen LogP contribution in [0.1, 0.15) is 26.2 Å². The minimum Gasteiger partial charge on any atom is -0.326 e. The highest BCUT2D eigenvalue weighted by molar-refractivity contribution is 8.00. The van der Waals surface area contributed by atoms with Gasteiger partial charge in [0.05, 0.1) is 0 Å². The number of carbonyl (C=O) groups excluding carboxylic acids is 1. The highest BCUT2D eigenvalue weighted by Crippen LogP contribution is 2.35. The Morgan fingerprint density at radius 3 is 3.21 bits per heavy atom. The van der Waals surface area contributed by atoms with Crippen LogP contribution in [0, 0.1) is 0 Å². The van der Waals surface area contributed by atoms with Crippen LogP contribution in [0.15, 0.2) is 0 Å². The molecular weight excluding hydrogens is 196 g/mol. The van der Waals surface area contributed by atoms with Gasteiger partial charge in [0.25, 0.3) is 0 Å². The van der Waals surface area contributed by atoms with E-state index in [1.807, 2.05) is 16.7 Å². The normalized spacial score (nSPS) is 30.4. The number of rotatable bonds is 5. The van der Waals surface area contributed by atoms with Gasteiger partial charge >= 0.3 is 0 Å². The van der Waals surface area contributed by atoms with Crippen LogP contribution < -0.4 is 5.32 Å². The van der Waals surface area contributed by atoms with Gasteiger partial charge in [-0.2, -0.15) is 0 Å². The van der Waals surface area contributed by atoms with E-state index in [2.05, 4.69) is 12.2 Å². The summed E-state index contributed by atoms with van der Waals surface area (Å²) in [4.78, 5) is 13.5. The number of β-lactam (4-membered cyclic amide) rings is 1. The molecule has 0 saturated carbocycles. The van der Waals surface area contributed by atoms with E-state index >= 15 is 0 Å². The number of hydrogen-bond donors (Lipinski definition) is 1. The molecule has 2 aliphatic rings. The Hall–Kier alpha value is -0.220. The first-order valence-corrected chi connectivity index (χ1v) is 6.55. The zero-order chi connectivity index (χ0) is 9.97. The molecule has 80 valence electrons. The Bertz CT molecular complexity index is 222. The van der Waals surface area contributed by atoms with Crippen molar-refractivity contribution in [1.29, 1.82) is 0 Å². The van der Waals surface area contributed by atoms with E-state index in [1.165, 1.54) is 19.3 Å². The summed E-state index contributed by atoms with van der Waals surface area (Å²) in [6.07, 6.45) is 3.69. The highest BCUT2D eigenvalue weighted by atomic mass is 32.2. The fourth-order valence-corrected chi connectivity index (χ4v) is 3.38. The van der Waals surface area contributed by atoms with Crippen LogP contribution in [-0.4, -0.2) is 41.1 Å². The van der Waals surface area contributed by atoms with E-state index in [0.29, 0.717) is 11.3 Å². The summed E-state index contributed by atoms with van der Waals surface area (Å²) in [6, 6.07) is 0.124. The summed E-state index contributed by atoms with van der Waals surface area (Å²) >= 11 is 1.91. The van der Waals surface area contributed by atoms with Gasteiger partial charge in [-0.25, -0.2) is 0 Å². The molecule has 0 radical (unpaired) electrons. The summed E-state index contributed by atoms with van der Waals surface area (Å²) in [5.41, 5.74) is 0. The maximum Gasteiger partial charge on any atom is 0.243 e. The third-order valence-electron chi connectivity index (χ3n) is 2.91. The van der Waals surface area contributed by atoms with Gasteiger partial charge in [0, 0.05) is 12.3 Å². The molecule has 0 aromatic heterocycles. The first kappa shape index (κ1) is 10.3. The molecule has 2 aliphatic heterocycles. The SMILES string of the molecule is CCCCCN[C@@H]1C(=O)N2CCS[C@H]12. The first-order chi connectivity index (χ1) is 6.84. The first-order valence-electron chi connectivity index (χ1n) is 5.50. The van der Waals surface area contributed by atoms with Crippen molar-refractivity contribution in [1.82, 2.24) is 10.2 Å². The lowest BCUT2D eigenvalue weighted by molar-refractivity contribution is -0.144. The summed E-state index contributed by atoms with van der Waals surface area (Å²) in [6.45, 7) is 4.15. The molecule has 3 nitrogen and oxygen atoms in total. The van der Waals surface area contributed by atoms with Crippen LogP contribution in [0.2, 0.25) is 0 Å². The second-order valence-electron chi connectivity index (χ2n) is 3.93. The quantitative estimate of drug-likeness (QED) is 0.548. The maximum absolute atomic E-state index is 11.6. The van der Waals surface area contributed by atoms with Crippen molar-refractivity contribution in [3.05, 3.63) is 0 Å². The predicted molar refractivity (Wildman–Crippen MR) is 59.3 cm³/mol. The molecule has 2 heterocycles. The van der Waals surface area contributed by atoms with Gasteiger partial charge in [-0.1, -0.05) is 19.8 Å². The standard InChI is InChI=1S/C10H18N2OS/c1-2-3-4-5-11-8-9(13)12-6-7-14-10(8)12/h8,10-11H,2-7H2,1H3/t8-,10-/m1/s1. The fourth-order valence-electron chi connectivity index (χ4n) is 2.04. The van der Waals surface area contributed by atoms with E-state index in [4.69, 9.17) is 0 Å². The zero-order valence-corrected chi connectivity index (χ0v) is 9.48. The van der Waals surface area contributed by atoms with Gasteiger partial charge < -0.3 is 10.2 Å².